The molecule has 20 heavy (non-hydrogen) atoms. The third kappa shape index (κ3) is 2.89. The van der Waals surface area contributed by atoms with E-state index in [4.69, 9.17) is 0 Å². The van der Waals surface area contributed by atoms with Crippen molar-refractivity contribution in [3.8, 4) is 11.1 Å². The Labute approximate surface area is 119 Å². The van der Waals surface area contributed by atoms with Crippen LogP contribution in [0.3, 0.4) is 0 Å². The molecule has 0 aromatic heterocycles. The number of hydrogen-bond acceptors (Lipinski definition) is 1. The molecule has 1 nitrogen and oxygen atoms in total. The van der Waals surface area contributed by atoms with Crippen molar-refractivity contribution in [1.29, 1.82) is 0 Å². The maximum Gasteiger partial charge on any atom is 0.0390 e. The highest BCUT2D eigenvalue weighted by molar-refractivity contribution is 5.70. The Balaban J connectivity index is 1.86. The molecule has 0 heterocycles. The van der Waals surface area contributed by atoms with Gasteiger partial charge in [-0.05, 0) is 42.3 Å². The maximum absolute atomic E-state index is 3.44. The van der Waals surface area contributed by atoms with Gasteiger partial charge >= 0.3 is 0 Å². The van der Waals surface area contributed by atoms with Crippen LogP contribution in [-0.4, -0.2) is 0 Å². The Kier molecular flexibility index (Phi) is 3.51. The number of anilines is 2. The lowest BCUT2D eigenvalue weighted by Gasteiger charge is -2.09. The van der Waals surface area contributed by atoms with Crippen molar-refractivity contribution >= 4 is 11.4 Å². The standard InChI is InChI=1S/C19H17N/c1-15-10-12-18(13-11-15)20-19-9-5-8-17(14-19)16-6-3-2-4-7-16/h2-14,20H,1H3. The molecular formula is C19H17N. The molecule has 0 saturated carbocycles. The number of hydrogen-bond donors (Lipinski definition) is 1. The summed E-state index contributed by atoms with van der Waals surface area (Å²) in [6, 6.07) is 27.3. The summed E-state index contributed by atoms with van der Waals surface area (Å²) in [6.07, 6.45) is 0. The zero-order chi connectivity index (χ0) is 13.8. The van der Waals surface area contributed by atoms with Crippen LogP contribution in [0.25, 0.3) is 11.1 Å². The first kappa shape index (κ1) is 12.5. The molecular weight excluding hydrogens is 242 g/mol. The van der Waals surface area contributed by atoms with Crippen molar-refractivity contribution in [2.45, 2.75) is 6.92 Å². The molecule has 3 rings (SSSR count). The Morgan fingerprint density at radius 2 is 1.30 bits per heavy atom. The average Bonchev–Trinajstić information content (AvgIpc) is 2.51. The van der Waals surface area contributed by atoms with Gasteiger partial charge < -0.3 is 5.32 Å². The molecule has 0 atom stereocenters. The lowest BCUT2D eigenvalue weighted by molar-refractivity contribution is 1.45. The van der Waals surface area contributed by atoms with E-state index in [1.807, 2.05) is 6.07 Å². The molecule has 0 bridgehead atoms. The summed E-state index contributed by atoms with van der Waals surface area (Å²) in [4.78, 5) is 0. The fourth-order valence-corrected chi connectivity index (χ4v) is 2.21. The second kappa shape index (κ2) is 5.62. The Morgan fingerprint density at radius 1 is 0.600 bits per heavy atom. The lowest BCUT2D eigenvalue weighted by atomic mass is 10.1. The molecule has 0 amide bonds. The van der Waals surface area contributed by atoms with E-state index in [9.17, 15) is 0 Å². The summed E-state index contributed by atoms with van der Waals surface area (Å²) in [5.41, 5.74) is 5.95. The van der Waals surface area contributed by atoms with Crippen molar-refractivity contribution in [2.24, 2.45) is 0 Å². The highest BCUT2D eigenvalue weighted by Crippen LogP contribution is 2.24. The third-order valence-corrected chi connectivity index (χ3v) is 3.31. The van der Waals surface area contributed by atoms with E-state index < -0.39 is 0 Å². The van der Waals surface area contributed by atoms with Gasteiger partial charge in [-0.25, -0.2) is 0 Å². The first-order valence-electron chi connectivity index (χ1n) is 6.80. The van der Waals surface area contributed by atoms with Crippen LogP contribution in [0.1, 0.15) is 5.56 Å². The number of nitrogens with one attached hydrogen (secondary N) is 1. The van der Waals surface area contributed by atoms with Gasteiger partial charge in [0, 0.05) is 11.4 Å². The van der Waals surface area contributed by atoms with Crippen molar-refractivity contribution in [1.82, 2.24) is 0 Å². The van der Waals surface area contributed by atoms with Gasteiger partial charge in [-0.3, -0.25) is 0 Å². The monoisotopic (exact) mass is 259 g/mol. The molecule has 3 aromatic carbocycles. The van der Waals surface area contributed by atoms with Crippen molar-refractivity contribution in [3.63, 3.8) is 0 Å². The van der Waals surface area contributed by atoms with E-state index in [-0.39, 0.29) is 0 Å². The van der Waals surface area contributed by atoms with Gasteiger partial charge in [0.2, 0.25) is 0 Å². The minimum atomic E-state index is 1.11. The summed E-state index contributed by atoms with van der Waals surface area (Å²) in [6.45, 7) is 2.10. The van der Waals surface area contributed by atoms with Gasteiger partial charge in [0.15, 0.2) is 0 Å². The van der Waals surface area contributed by atoms with E-state index in [1.165, 1.54) is 16.7 Å². The van der Waals surface area contributed by atoms with E-state index in [2.05, 4.69) is 85.0 Å². The number of benzene rings is 3. The Morgan fingerprint density at radius 3 is 2.05 bits per heavy atom. The Bertz CT molecular complexity index is 684. The van der Waals surface area contributed by atoms with Gasteiger partial charge in [0.1, 0.15) is 0 Å². The van der Waals surface area contributed by atoms with Gasteiger partial charge in [-0.1, -0.05) is 60.2 Å². The van der Waals surface area contributed by atoms with E-state index in [0.717, 1.165) is 11.4 Å². The van der Waals surface area contributed by atoms with Crippen LogP contribution in [0.5, 0.6) is 0 Å². The van der Waals surface area contributed by atoms with Crippen molar-refractivity contribution in [2.75, 3.05) is 5.32 Å². The summed E-state index contributed by atoms with van der Waals surface area (Å²) in [7, 11) is 0. The van der Waals surface area contributed by atoms with Crippen LogP contribution in [-0.2, 0) is 0 Å². The molecule has 0 spiro atoms. The predicted molar refractivity (Wildman–Crippen MR) is 86.3 cm³/mol. The van der Waals surface area contributed by atoms with Gasteiger partial charge in [-0.2, -0.15) is 0 Å². The second-order valence-corrected chi connectivity index (χ2v) is 4.94. The topological polar surface area (TPSA) is 12.0 Å². The smallest absolute Gasteiger partial charge is 0.0390 e. The Hall–Kier alpha value is -2.54. The van der Waals surface area contributed by atoms with Crippen LogP contribution in [0.15, 0.2) is 78.9 Å². The summed E-state index contributed by atoms with van der Waals surface area (Å²) >= 11 is 0. The predicted octanol–water partition coefficient (Wildman–Crippen LogP) is 5.41. The molecule has 0 aliphatic carbocycles. The SMILES string of the molecule is Cc1ccc(Nc2cccc(-c3ccccc3)c2)cc1. The van der Waals surface area contributed by atoms with Gasteiger partial charge in [-0.15, -0.1) is 0 Å². The van der Waals surface area contributed by atoms with Gasteiger partial charge in [0.05, 0.1) is 0 Å². The fraction of sp³-hybridized carbons (Fsp3) is 0.0526. The second-order valence-electron chi connectivity index (χ2n) is 4.94. The van der Waals surface area contributed by atoms with Crippen LogP contribution < -0.4 is 5.32 Å². The van der Waals surface area contributed by atoms with Crippen molar-refractivity contribution in [3.05, 3.63) is 84.4 Å². The summed E-state index contributed by atoms with van der Waals surface area (Å²) < 4.78 is 0. The van der Waals surface area contributed by atoms with Crippen molar-refractivity contribution < 1.29 is 0 Å². The van der Waals surface area contributed by atoms with Crippen LogP contribution in [0.2, 0.25) is 0 Å². The molecule has 1 heteroatoms. The molecule has 0 fully saturated rings. The fourth-order valence-electron chi connectivity index (χ4n) is 2.21. The summed E-state index contributed by atoms with van der Waals surface area (Å²) in [5, 5.41) is 3.44. The van der Waals surface area contributed by atoms with Crippen LogP contribution in [0, 0.1) is 6.92 Å². The number of rotatable bonds is 3. The molecule has 0 saturated heterocycles. The minimum Gasteiger partial charge on any atom is -0.356 e. The normalized spacial score (nSPS) is 10.2. The average molecular weight is 259 g/mol. The largest absolute Gasteiger partial charge is 0.356 e. The quantitative estimate of drug-likeness (QED) is 0.663. The third-order valence-electron chi connectivity index (χ3n) is 3.31. The van der Waals surface area contributed by atoms with Crippen LogP contribution in [0.4, 0.5) is 11.4 Å². The molecule has 0 radical (unpaired) electrons. The van der Waals surface area contributed by atoms with E-state index in [1.54, 1.807) is 0 Å². The van der Waals surface area contributed by atoms with E-state index in [0.29, 0.717) is 0 Å². The van der Waals surface area contributed by atoms with Gasteiger partial charge in [0.25, 0.3) is 0 Å². The number of aryl methyl sites for hydroxylation is 1. The molecule has 0 aliphatic rings. The zero-order valence-electron chi connectivity index (χ0n) is 11.5. The highest BCUT2D eigenvalue weighted by Gasteiger charge is 1.99. The van der Waals surface area contributed by atoms with E-state index >= 15 is 0 Å². The zero-order valence-corrected chi connectivity index (χ0v) is 11.5. The molecule has 98 valence electrons. The highest BCUT2D eigenvalue weighted by atomic mass is 14.9. The first-order chi connectivity index (χ1) is 9.81. The lowest BCUT2D eigenvalue weighted by Crippen LogP contribution is -1.90. The maximum atomic E-state index is 3.44. The molecule has 3 aromatic rings. The van der Waals surface area contributed by atoms with Crippen LogP contribution >= 0.6 is 0 Å². The molecule has 0 aliphatic heterocycles. The molecule has 0 unspecified atom stereocenters. The minimum absolute atomic E-state index is 1.11. The first-order valence-corrected chi connectivity index (χ1v) is 6.80. The summed E-state index contributed by atoms with van der Waals surface area (Å²) in [5.74, 6) is 0. The molecule has 1 N–H and O–H groups in total.